The molecule has 0 fully saturated rings. The van der Waals surface area contributed by atoms with Crippen molar-refractivity contribution in [3.63, 3.8) is 0 Å². The van der Waals surface area contributed by atoms with E-state index in [1.165, 1.54) is 34.9 Å². The van der Waals surface area contributed by atoms with Crippen molar-refractivity contribution in [1.29, 1.82) is 0 Å². The zero-order valence-corrected chi connectivity index (χ0v) is 17.2. The van der Waals surface area contributed by atoms with Crippen molar-refractivity contribution in [2.45, 2.75) is 27.3 Å². The number of carbonyl (C=O) groups is 1. The second-order valence-electron chi connectivity index (χ2n) is 7.78. The second kappa shape index (κ2) is 8.25. The number of carbonyl (C=O) groups excluding carboxylic acids is 1. The van der Waals surface area contributed by atoms with Crippen molar-refractivity contribution in [3.8, 4) is 0 Å². The number of benzene rings is 2. The Morgan fingerprint density at radius 1 is 1.07 bits per heavy atom. The van der Waals surface area contributed by atoms with Crippen LogP contribution in [0, 0.1) is 17.0 Å². The molecule has 0 aliphatic carbocycles. The van der Waals surface area contributed by atoms with Gasteiger partial charge >= 0.3 is 0 Å². The smallest absolute Gasteiger partial charge is 0.269 e. The number of hydrogen-bond donors (Lipinski definition) is 0. The van der Waals surface area contributed by atoms with Gasteiger partial charge in [-0.2, -0.15) is 0 Å². The molecule has 0 N–H and O–H groups in total. The van der Waals surface area contributed by atoms with E-state index in [9.17, 15) is 18.4 Å². The van der Waals surface area contributed by atoms with Crippen molar-refractivity contribution < 1.29 is 13.6 Å². The number of rotatable bonds is 4. The maximum absolute atomic E-state index is 13.6. The number of nitrogens with zero attached hydrogens (tertiary/aromatic N) is 1. The van der Waals surface area contributed by atoms with Crippen LogP contribution in [0.5, 0.6) is 0 Å². The maximum atomic E-state index is 13.6. The van der Waals surface area contributed by atoms with Crippen LogP contribution in [-0.4, -0.2) is 10.4 Å². The minimum atomic E-state index is -0.601. The molecule has 0 aliphatic heterocycles. The Morgan fingerprint density at radius 2 is 1.72 bits per heavy atom. The fraction of sp³-hybridized carbons (Fsp3) is 0.217. The van der Waals surface area contributed by atoms with Crippen LogP contribution < -0.4 is 14.8 Å². The summed E-state index contributed by atoms with van der Waals surface area (Å²) in [5.74, 6) is -0.914. The van der Waals surface area contributed by atoms with E-state index in [2.05, 4.69) is 0 Å². The Hall–Kier alpha value is -2.86. The lowest BCUT2D eigenvalue weighted by molar-refractivity contribution is -0.120. The lowest BCUT2D eigenvalue weighted by Crippen LogP contribution is -2.32. The van der Waals surface area contributed by atoms with E-state index in [1.807, 2.05) is 0 Å². The molecule has 3 nitrogen and oxygen atoms in total. The first-order valence-electron chi connectivity index (χ1n) is 9.11. The lowest BCUT2D eigenvalue weighted by atomic mass is 9.91. The van der Waals surface area contributed by atoms with Gasteiger partial charge < -0.3 is 0 Å². The number of ketones is 1. The van der Waals surface area contributed by atoms with E-state index in [0.29, 0.717) is 20.3 Å². The fourth-order valence-corrected chi connectivity index (χ4v) is 3.73. The summed E-state index contributed by atoms with van der Waals surface area (Å²) in [6.07, 6.45) is 3.05. The van der Waals surface area contributed by atoms with Gasteiger partial charge in [-0.1, -0.05) is 45.0 Å². The number of thiazole rings is 1. The highest BCUT2D eigenvalue weighted by atomic mass is 32.1. The van der Waals surface area contributed by atoms with Crippen molar-refractivity contribution in [2.24, 2.45) is 5.41 Å². The van der Waals surface area contributed by atoms with E-state index in [0.717, 1.165) is 11.3 Å². The molecule has 150 valence electrons. The van der Waals surface area contributed by atoms with Crippen LogP contribution in [-0.2, 0) is 11.3 Å². The number of Topliss-reactive ketones (excluding diaryl/α,β-unsaturated/α-hetero) is 1. The average Bonchev–Trinajstić information content (AvgIpc) is 2.90. The highest BCUT2D eigenvalue weighted by molar-refractivity contribution is 7.07. The van der Waals surface area contributed by atoms with Gasteiger partial charge in [-0.3, -0.25) is 14.2 Å². The summed E-state index contributed by atoms with van der Waals surface area (Å²) in [7, 11) is 0. The number of halogens is 2. The first kappa shape index (κ1) is 20.9. The summed E-state index contributed by atoms with van der Waals surface area (Å²) in [6, 6.07) is 11.9. The molecule has 0 bridgehead atoms. The Balaban J connectivity index is 2.19. The van der Waals surface area contributed by atoms with Gasteiger partial charge in [-0.05, 0) is 41.5 Å². The molecule has 0 unspecified atom stereocenters. The summed E-state index contributed by atoms with van der Waals surface area (Å²) < 4.78 is 29.4. The first-order chi connectivity index (χ1) is 13.6. The monoisotopic (exact) mass is 413 g/mol. The lowest BCUT2D eigenvalue weighted by Gasteiger charge is -2.13. The predicted molar refractivity (Wildman–Crippen MR) is 112 cm³/mol. The summed E-state index contributed by atoms with van der Waals surface area (Å²) >= 11 is 1.16. The number of aromatic nitrogens is 1. The number of hydrogen-bond acceptors (Lipinski definition) is 3. The van der Waals surface area contributed by atoms with Crippen LogP contribution in [0.4, 0.5) is 8.78 Å². The summed E-state index contributed by atoms with van der Waals surface area (Å²) in [4.78, 5) is 25.6. The Kier molecular flexibility index (Phi) is 5.94. The molecule has 3 aromatic rings. The molecule has 0 atom stereocenters. The van der Waals surface area contributed by atoms with Gasteiger partial charge in [-0.15, -0.1) is 11.3 Å². The highest BCUT2D eigenvalue weighted by Crippen LogP contribution is 2.15. The standard InChI is InChI=1S/C23H21F2NO2S/c1-23(2,3)20(27)13-21-26(14-16-7-5-9-18(25)11-16)22(28)19(29-21)12-15-6-4-8-17(24)10-15/h4-13H,14H2,1-3H3. The molecule has 0 saturated carbocycles. The molecular formula is C23H21F2NO2S. The molecule has 0 saturated heterocycles. The largest absolute Gasteiger partial charge is 0.294 e. The van der Waals surface area contributed by atoms with E-state index >= 15 is 0 Å². The normalized spacial score (nSPS) is 13.1. The highest BCUT2D eigenvalue weighted by Gasteiger charge is 2.19. The molecule has 0 amide bonds. The summed E-state index contributed by atoms with van der Waals surface area (Å²) in [5.41, 5.74) is 0.252. The van der Waals surface area contributed by atoms with Gasteiger partial charge in [0, 0.05) is 11.5 Å². The van der Waals surface area contributed by atoms with Crippen molar-refractivity contribution >= 4 is 29.3 Å². The molecule has 0 aliphatic rings. The van der Waals surface area contributed by atoms with Crippen LogP contribution in [0.2, 0.25) is 0 Å². The van der Waals surface area contributed by atoms with E-state index in [4.69, 9.17) is 0 Å². The summed E-state index contributed by atoms with van der Waals surface area (Å²) in [5, 5.41) is 0. The van der Waals surface area contributed by atoms with Gasteiger partial charge in [-0.25, -0.2) is 8.78 Å². The van der Waals surface area contributed by atoms with E-state index in [-0.39, 0.29) is 17.9 Å². The topological polar surface area (TPSA) is 39.1 Å². The molecule has 0 radical (unpaired) electrons. The van der Waals surface area contributed by atoms with Gasteiger partial charge in [0.05, 0.1) is 11.1 Å². The third-order valence-electron chi connectivity index (χ3n) is 4.31. The molecule has 29 heavy (non-hydrogen) atoms. The van der Waals surface area contributed by atoms with Crippen LogP contribution in [0.25, 0.3) is 12.2 Å². The van der Waals surface area contributed by atoms with Gasteiger partial charge in [0.25, 0.3) is 5.56 Å². The Bertz CT molecular complexity index is 1230. The molecular weight excluding hydrogens is 392 g/mol. The third-order valence-corrected chi connectivity index (χ3v) is 5.37. The minimum Gasteiger partial charge on any atom is -0.294 e. The van der Waals surface area contributed by atoms with Crippen LogP contribution >= 0.6 is 11.3 Å². The van der Waals surface area contributed by atoms with Gasteiger partial charge in [0.1, 0.15) is 16.3 Å². The van der Waals surface area contributed by atoms with Crippen molar-refractivity contribution in [1.82, 2.24) is 4.57 Å². The zero-order chi connectivity index (χ0) is 21.2. The van der Waals surface area contributed by atoms with Crippen LogP contribution in [0.1, 0.15) is 31.9 Å². The van der Waals surface area contributed by atoms with Crippen molar-refractivity contribution in [2.75, 3.05) is 0 Å². The average molecular weight is 413 g/mol. The second-order valence-corrected chi connectivity index (χ2v) is 8.85. The van der Waals surface area contributed by atoms with Crippen LogP contribution in [0.3, 0.4) is 0 Å². The Morgan fingerprint density at radius 3 is 2.34 bits per heavy atom. The Labute approximate surface area is 171 Å². The first-order valence-corrected chi connectivity index (χ1v) is 9.93. The molecule has 6 heteroatoms. The molecule has 1 aromatic heterocycles. The van der Waals surface area contributed by atoms with Crippen LogP contribution in [0.15, 0.2) is 53.3 Å². The van der Waals surface area contributed by atoms with Gasteiger partial charge in [0.2, 0.25) is 0 Å². The summed E-state index contributed by atoms with van der Waals surface area (Å²) in [6.45, 7) is 5.53. The van der Waals surface area contributed by atoms with E-state index < -0.39 is 17.0 Å². The molecule has 3 rings (SSSR count). The SMILES string of the molecule is CC(C)(C)C(=O)C=c1sc(=Cc2cccc(F)c2)c(=O)n1Cc1cccc(F)c1. The van der Waals surface area contributed by atoms with Crippen molar-refractivity contribution in [3.05, 3.63) is 90.8 Å². The zero-order valence-electron chi connectivity index (χ0n) is 16.4. The minimum absolute atomic E-state index is 0.121. The molecule has 1 heterocycles. The predicted octanol–water partition coefficient (Wildman–Crippen LogP) is 3.46. The van der Waals surface area contributed by atoms with E-state index in [1.54, 1.807) is 51.1 Å². The third kappa shape index (κ3) is 5.15. The maximum Gasteiger partial charge on any atom is 0.269 e. The molecule has 0 spiro atoms. The van der Waals surface area contributed by atoms with Gasteiger partial charge in [0.15, 0.2) is 5.78 Å². The fourth-order valence-electron chi connectivity index (χ4n) is 2.69. The quantitative estimate of drug-likeness (QED) is 0.657. The molecule has 2 aromatic carbocycles.